The molecular weight excluding hydrogens is 499 g/mol. The first-order valence-electron chi connectivity index (χ1n) is 12.4. The molecule has 2 bridgehead atoms. The maximum absolute atomic E-state index is 11.4. The standard InChI is InChI=1S/C13H15O5.3C4H9.Sn/c14-10-9-7-17-13(18-9)12(11(10)15)16-6-8-4-2-1-3-5-8;3*1-3-4-2;/h1-5,9-13,15H,6-7H2;3*1,3-4H2,2H3;/q-1;;;;+1/t9-,10+,11+,12-,13-;;;;/m1..../s1. The van der Waals surface area contributed by atoms with Crippen molar-refractivity contribution in [1.82, 2.24) is 0 Å². The summed E-state index contributed by atoms with van der Waals surface area (Å²) in [4.78, 5) is 0. The first-order chi connectivity index (χ1) is 15.1. The van der Waals surface area contributed by atoms with E-state index in [0.717, 1.165) is 5.56 Å². The van der Waals surface area contributed by atoms with Gasteiger partial charge in [-0.15, -0.1) is 0 Å². The number of aliphatic hydroxyl groups excluding tert-OH is 1. The predicted octanol–water partition coefficient (Wildman–Crippen LogP) is 5.42. The molecule has 2 aliphatic heterocycles. The average Bonchev–Trinajstić information content (AvgIpc) is 3.24. The van der Waals surface area contributed by atoms with Crippen LogP contribution in [-0.4, -0.2) is 61.2 Å². The molecule has 0 aromatic heterocycles. The summed E-state index contributed by atoms with van der Waals surface area (Å²) in [5.41, 5.74) is 1.08. The summed E-state index contributed by atoms with van der Waals surface area (Å²) < 4.78 is 29.0. The summed E-state index contributed by atoms with van der Waals surface area (Å²) >= 11 is -2.91. The van der Waals surface area contributed by atoms with Crippen LogP contribution in [0.25, 0.3) is 0 Å². The molecule has 3 rings (SSSR count). The summed E-state index contributed by atoms with van der Waals surface area (Å²) in [6.45, 7) is 7.70. The van der Waals surface area contributed by atoms with Crippen LogP contribution in [-0.2, 0) is 23.9 Å². The molecule has 2 fully saturated rings. The molecule has 5 atom stereocenters. The van der Waals surface area contributed by atoms with Crippen molar-refractivity contribution in [1.29, 1.82) is 0 Å². The maximum atomic E-state index is 11.4. The number of ether oxygens (including phenoxy) is 3. The molecule has 0 aliphatic carbocycles. The molecule has 1 aromatic rings. The van der Waals surface area contributed by atoms with Crippen molar-refractivity contribution >= 4 is 18.8 Å². The zero-order valence-corrected chi connectivity index (χ0v) is 22.5. The molecule has 2 heterocycles. The van der Waals surface area contributed by atoms with Crippen molar-refractivity contribution in [3.05, 3.63) is 35.9 Å². The van der Waals surface area contributed by atoms with Crippen molar-refractivity contribution in [3.63, 3.8) is 0 Å². The normalized spacial score (nSPS) is 28.2. The number of hydrogen-bond donors (Lipinski definition) is 1. The van der Waals surface area contributed by atoms with Gasteiger partial charge in [0.25, 0.3) is 0 Å². The van der Waals surface area contributed by atoms with E-state index in [2.05, 4.69) is 20.8 Å². The number of fused-ring (bicyclic) bond motifs is 2. The summed E-state index contributed by atoms with van der Waals surface area (Å²) in [7, 11) is 0. The van der Waals surface area contributed by atoms with Gasteiger partial charge in [-0.3, -0.25) is 0 Å². The molecule has 1 N–H and O–H groups in total. The number of aliphatic hydroxyl groups is 1. The Morgan fingerprint density at radius 2 is 1.55 bits per heavy atom. The van der Waals surface area contributed by atoms with Gasteiger partial charge in [0.05, 0.1) is 0 Å². The monoisotopic (exact) mass is 542 g/mol. The molecule has 6 heteroatoms. The Kier molecular flexibility index (Phi) is 10.6. The number of benzene rings is 1. The molecule has 0 spiro atoms. The third-order valence-electron chi connectivity index (χ3n) is 6.67. The fourth-order valence-electron chi connectivity index (χ4n) is 4.78. The second-order valence-corrected chi connectivity index (χ2v) is 20.9. The summed E-state index contributed by atoms with van der Waals surface area (Å²) in [5.74, 6) is 0. The van der Waals surface area contributed by atoms with Gasteiger partial charge < -0.3 is 0 Å². The van der Waals surface area contributed by atoms with E-state index in [1.165, 1.54) is 51.8 Å². The van der Waals surface area contributed by atoms with Crippen LogP contribution >= 0.6 is 0 Å². The van der Waals surface area contributed by atoms with E-state index in [9.17, 15) is 5.11 Å². The Balaban J connectivity index is 1.73. The van der Waals surface area contributed by atoms with Crippen molar-refractivity contribution in [3.8, 4) is 0 Å². The Morgan fingerprint density at radius 1 is 0.935 bits per heavy atom. The fourth-order valence-corrected chi connectivity index (χ4v) is 19.0. The van der Waals surface area contributed by atoms with Gasteiger partial charge in [-0.2, -0.15) is 0 Å². The van der Waals surface area contributed by atoms with Gasteiger partial charge >= 0.3 is 194 Å². The van der Waals surface area contributed by atoms with Gasteiger partial charge in [-0.05, 0) is 0 Å². The first-order valence-corrected chi connectivity index (χ1v) is 19.6. The van der Waals surface area contributed by atoms with Crippen LogP contribution < -0.4 is 0 Å². The SMILES string of the molecule is CCC[CH2][Sn]([CH2]CCC)([CH2]CCC)[O][C@@H]1[C@H](O)[C@@H](OCc2ccccc2)[C@@H]2OC[C@H]1O2. The Hall–Kier alpha value is -0.181. The third kappa shape index (κ3) is 6.90. The quantitative estimate of drug-likeness (QED) is 0.319. The van der Waals surface area contributed by atoms with Gasteiger partial charge in [-0.25, -0.2) is 0 Å². The van der Waals surface area contributed by atoms with Crippen molar-refractivity contribution < 1.29 is 22.4 Å². The molecule has 1 aromatic carbocycles. The zero-order valence-electron chi connectivity index (χ0n) is 19.6. The average molecular weight is 541 g/mol. The minimum absolute atomic E-state index is 0.183. The first kappa shape index (κ1) is 25.4. The van der Waals surface area contributed by atoms with Crippen LogP contribution in [0.1, 0.15) is 64.9 Å². The van der Waals surface area contributed by atoms with Gasteiger partial charge in [0.1, 0.15) is 0 Å². The topological polar surface area (TPSA) is 57.2 Å². The predicted molar refractivity (Wildman–Crippen MR) is 125 cm³/mol. The van der Waals surface area contributed by atoms with Crippen molar-refractivity contribution in [2.24, 2.45) is 0 Å². The zero-order chi connectivity index (χ0) is 22.1. The van der Waals surface area contributed by atoms with E-state index in [1.807, 2.05) is 30.3 Å². The molecule has 31 heavy (non-hydrogen) atoms. The number of hydrogen-bond acceptors (Lipinski definition) is 5. The van der Waals surface area contributed by atoms with E-state index >= 15 is 0 Å². The van der Waals surface area contributed by atoms with Crippen LogP contribution in [0.2, 0.25) is 13.3 Å². The molecule has 2 saturated heterocycles. The van der Waals surface area contributed by atoms with Gasteiger partial charge in [-0.1, -0.05) is 0 Å². The number of rotatable bonds is 14. The van der Waals surface area contributed by atoms with E-state index in [4.69, 9.17) is 17.3 Å². The molecule has 0 radical (unpaired) electrons. The molecule has 0 amide bonds. The summed E-state index contributed by atoms with van der Waals surface area (Å²) in [5, 5.41) is 11.4. The van der Waals surface area contributed by atoms with Gasteiger partial charge in [0.15, 0.2) is 0 Å². The molecule has 0 saturated carbocycles. The second-order valence-electron chi connectivity index (χ2n) is 9.20. The Morgan fingerprint density at radius 3 is 2.13 bits per heavy atom. The number of unbranched alkanes of at least 4 members (excludes halogenated alkanes) is 3. The van der Waals surface area contributed by atoms with Crippen molar-refractivity contribution in [2.75, 3.05) is 6.61 Å². The van der Waals surface area contributed by atoms with Crippen LogP contribution in [0.5, 0.6) is 0 Å². The van der Waals surface area contributed by atoms with Crippen LogP contribution in [0, 0.1) is 0 Å². The molecular formula is C25H42O5Sn. The van der Waals surface area contributed by atoms with Gasteiger partial charge in [0, 0.05) is 0 Å². The molecule has 2 aliphatic rings. The minimum atomic E-state index is -2.91. The molecule has 0 unspecified atom stereocenters. The van der Waals surface area contributed by atoms with Crippen molar-refractivity contribution in [2.45, 2.75) is 110 Å². The fraction of sp³-hybridized carbons (Fsp3) is 0.760. The summed E-state index contributed by atoms with van der Waals surface area (Å²) in [6.07, 6.45) is 5.02. The Bertz CT molecular complexity index is 606. The van der Waals surface area contributed by atoms with Crippen LogP contribution in [0.15, 0.2) is 30.3 Å². The summed E-state index contributed by atoms with van der Waals surface area (Å²) in [6, 6.07) is 10.1. The van der Waals surface area contributed by atoms with Crippen LogP contribution in [0.3, 0.4) is 0 Å². The molecule has 176 valence electrons. The van der Waals surface area contributed by atoms with E-state index in [0.29, 0.717) is 13.2 Å². The van der Waals surface area contributed by atoms with E-state index in [1.54, 1.807) is 0 Å². The third-order valence-corrected chi connectivity index (χ3v) is 19.7. The second kappa shape index (κ2) is 12.9. The van der Waals surface area contributed by atoms with E-state index < -0.39 is 37.3 Å². The Labute approximate surface area is 193 Å². The van der Waals surface area contributed by atoms with Crippen LogP contribution in [0.4, 0.5) is 0 Å². The van der Waals surface area contributed by atoms with Gasteiger partial charge in [0.2, 0.25) is 0 Å². The molecule has 5 nitrogen and oxygen atoms in total. The van der Waals surface area contributed by atoms with E-state index in [-0.39, 0.29) is 12.2 Å².